The maximum absolute atomic E-state index is 12.4. The summed E-state index contributed by atoms with van der Waals surface area (Å²) in [7, 11) is 0. The lowest BCUT2D eigenvalue weighted by Crippen LogP contribution is -2.02. The summed E-state index contributed by atoms with van der Waals surface area (Å²) >= 11 is 0. The first-order valence-electron chi connectivity index (χ1n) is 3.75. The minimum atomic E-state index is -2.84. The zero-order valence-corrected chi connectivity index (χ0v) is 7.29. The van der Waals surface area contributed by atoms with Gasteiger partial charge in [0.15, 0.2) is 6.29 Å². The molecular weight excluding hydrogens is 190 g/mol. The molecule has 0 aliphatic heterocycles. The Bertz CT molecular complexity index is 410. The molecule has 1 aromatic rings. The van der Waals surface area contributed by atoms with Gasteiger partial charge < -0.3 is 0 Å². The van der Waals surface area contributed by atoms with Gasteiger partial charge in [0.25, 0.3) is 6.43 Å². The number of hydrogen-bond acceptors (Lipinski definition) is 3. The molecular formula is C9H6F2N2O. The Hall–Kier alpha value is -1.83. The first-order chi connectivity index (χ1) is 6.60. The Kier molecular flexibility index (Phi) is 2.87. The fraction of sp³-hybridized carbons (Fsp3) is 0.222. The SMILES string of the molecule is Cc1cc(C=O)c(C#N)c(C(F)F)n1. The number of aryl methyl sites for hydroxylation is 1. The minimum absolute atomic E-state index is 0.0460. The number of carbonyl (C=O) groups excluding carboxylic acids is 1. The van der Waals surface area contributed by atoms with Crippen LogP contribution in [0.25, 0.3) is 0 Å². The van der Waals surface area contributed by atoms with Gasteiger partial charge in [-0.2, -0.15) is 5.26 Å². The molecule has 5 heteroatoms. The Morgan fingerprint density at radius 3 is 2.71 bits per heavy atom. The number of alkyl halides is 2. The molecule has 0 radical (unpaired) electrons. The van der Waals surface area contributed by atoms with Gasteiger partial charge in [0.2, 0.25) is 0 Å². The van der Waals surface area contributed by atoms with Gasteiger partial charge in [-0.15, -0.1) is 0 Å². The smallest absolute Gasteiger partial charge is 0.281 e. The average molecular weight is 196 g/mol. The third-order valence-electron chi connectivity index (χ3n) is 1.65. The third kappa shape index (κ3) is 1.74. The van der Waals surface area contributed by atoms with Crippen molar-refractivity contribution < 1.29 is 13.6 Å². The van der Waals surface area contributed by atoms with Crippen molar-refractivity contribution in [2.45, 2.75) is 13.3 Å². The standard InChI is InChI=1S/C9H6F2N2O/c1-5-2-6(4-14)7(3-12)8(13-5)9(10)11/h2,4,9H,1H3. The molecule has 0 aliphatic carbocycles. The molecule has 0 aromatic carbocycles. The Balaban J connectivity index is 3.49. The van der Waals surface area contributed by atoms with Crippen molar-refractivity contribution in [3.8, 4) is 6.07 Å². The molecule has 0 aliphatic rings. The zero-order valence-electron chi connectivity index (χ0n) is 7.29. The minimum Gasteiger partial charge on any atom is -0.298 e. The third-order valence-corrected chi connectivity index (χ3v) is 1.65. The average Bonchev–Trinajstić information content (AvgIpc) is 2.16. The number of rotatable bonds is 2. The predicted octanol–water partition coefficient (Wildman–Crippen LogP) is 2.01. The monoisotopic (exact) mass is 196 g/mol. The fourth-order valence-corrected chi connectivity index (χ4v) is 1.10. The van der Waals surface area contributed by atoms with Crippen LogP contribution in [0.2, 0.25) is 0 Å². The Labute approximate surface area is 79.0 Å². The Morgan fingerprint density at radius 1 is 1.64 bits per heavy atom. The molecule has 0 saturated carbocycles. The number of hydrogen-bond donors (Lipinski definition) is 0. The summed E-state index contributed by atoms with van der Waals surface area (Å²) in [5.74, 6) is 0. The molecule has 72 valence electrons. The molecule has 0 N–H and O–H groups in total. The zero-order chi connectivity index (χ0) is 10.7. The highest BCUT2D eigenvalue weighted by atomic mass is 19.3. The quantitative estimate of drug-likeness (QED) is 0.680. The van der Waals surface area contributed by atoms with E-state index in [-0.39, 0.29) is 11.1 Å². The maximum atomic E-state index is 12.4. The first kappa shape index (κ1) is 10.3. The van der Waals surface area contributed by atoms with Crippen molar-refractivity contribution in [1.29, 1.82) is 5.26 Å². The van der Waals surface area contributed by atoms with Crippen LogP contribution in [-0.4, -0.2) is 11.3 Å². The normalized spacial score (nSPS) is 9.93. The van der Waals surface area contributed by atoms with E-state index in [9.17, 15) is 13.6 Å². The molecule has 3 nitrogen and oxygen atoms in total. The number of nitrogens with zero attached hydrogens (tertiary/aromatic N) is 2. The summed E-state index contributed by atoms with van der Waals surface area (Å²) < 4.78 is 24.8. The number of carbonyl (C=O) groups is 1. The van der Waals surface area contributed by atoms with Crippen LogP contribution in [0, 0.1) is 18.3 Å². The molecule has 0 bridgehead atoms. The van der Waals surface area contributed by atoms with E-state index in [1.54, 1.807) is 6.07 Å². The summed E-state index contributed by atoms with van der Waals surface area (Å²) in [4.78, 5) is 14.0. The summed E-state index contributed by atoms with van der Waals surface area (Å²) in [6.45, 7) is 1.49. The van der Waals surface area contributed by atoms with Crippen molar-refractivity contribution in [1.82, 2.24) is 4.98 Å². The molecule has 0 spiro atoms. The van der Waals surface area contributed by atoms with E-state index in [0.29, 0.717) is 12.0 Å². The van der Waals surface area contributed by atoms with E-state index in [4.69, 9.17) is 5.26 Å². The van der Waals surface area contributed by atoms with Crippen LogP contribution >= 0.6 is 0 Å². The van der Waals surface area contributed by atoms with E-state index >= 15 is 0 Å². The van der Waals surface area contributed by atoms with Crippen LogP contribution < -0.4 is 0 Å². The second-order valence-corrected chi connectivity index (χ2v) is 2.64. The molecule has 0 fully saturated rings. The Morgan fingerprint density at radius 2 is 2.29 bits per heavy atom. The lowest BCUT2D eigenvalue weighted by Gasteiger charge is -2.04. The topological polar surface area (TPSA) is 53.8 Å². The second-order valence-electron chi connectivity index (χ2n) is 2.64. The summed E-state index contributed by atoms with van der Waals surface area (Å²) in [5.41, 5.74) is -0.730. The highest BCUT2D eigenvalue weighted by Gasteiger charge is 2.18. The van der Waals surface area contributed by atoms with Gasteiger partial charge in [0, 0.05) is 11.3 Å². The van der Waals surface area contributed by atoms with E-state index in [1.807, 2.05) is 0 Å². The van der Waals surface area contributed by atoms with Gasteiger partial charge in [-0.1, -0.05) is 0 Å². The molecule has 1 rings (SSSR count). The van der Waals surface area contributed by atoms with Crippen molar-refractivity contribution in [2.75, 3.05) is 0 Å². The highest BCUT2D eigenvalue weighted by Crippen LogP contribution is 2.22. The molecule has 14 heavy (non-hydrogen) atoms. The fourth-order valence-electron chi connectivity index (χ4n) is 1.10. The number of aldehydes is 1. The van der Waals surface area contributed by atoms with Gasteiger partial charge in [0.1, 0.15) is 11.8 Å². The second kappa shape index (κ2) is 3.92. The van der Waals surface area contributed by atoms with Crippen molar-refractivity contribution >= 4 is 6.29 Å². The van der Waals surface area contributed by atoms with E-state index in [0.717, 1.165) is 0 Å². The van der Waals surface area contributed by atoms with Crippen LogP contribution in [0.1, 0.15) is 33.7 Å². The van der Waals surface area contributed by atoms with Gasteiger partial charge in [-0.25, -0.2) is 8.78 Å². The molecule has 0 atom stereocenters. The van der Waals surface area contributed by atoms with Crippen LogP contribution in [0.4, 0.5) is 8.78 Å². The molecule has 0 saturated heterocycles. The lowest BCUT2D eigenvalue weighted by molar-refractivity contribution is 0.112. The van der Waals surface area contributed by atoms with Gasteiger partial charge in [0.05, 0.1) is 5.56 Å². The van der Waals surface area contributed by atoms with Crippen LogP contribution in [0.3, 0.4) is 0 Å². The number of aromatic nitrogens is 1. The van der Waals surface area contributed by atoms with Crippen LogP contribution in [0.15, 0.2) is 6.07 Å². The predicted molar refractivity (Wildman–Crippen MR) is 44.0 cm³/mol. The van der Waals surface area contributed by atoms with E-state index in [2.05, 4.69) is 4.98 Å². The molecule has 0 amide bonds. The summed E-state index contributed by atoms with van der Waals surface area (Å²) in [5, 5.41) is 8.59. The summed E-state index contributed by atoms with van der Waals surface area (Å²) in [6, 6.07) is 2.85. The highest BCUT2D eigenvalue weighted by molar-refractivity contribution is 5.79. The number of halogens is 2. The maximum Gasteiger partial charge on any atom is 0.281 e. The van der Waals surface area contributed by atoms with Crippen molar-refractivity contribution in [2.24, 2.45) is 0 Å². The van der Waals surface area contributed by atoms with Crippen LogP contribution in [-0.2, 0) is 0 Å². The first-order valence-corrected chi connectivity index (χ1v) is 3.75. The van der Waals surface area contributed by atoms with E-state index < -0.39 is 12.1 Å². The van der Waals surface area contributed by atoms with E-state index in [1.165, 1.54) is 13.0 Å². The lowest BCUT2D eigenvalue weighted by atomic mass is 10.1. The number of nitriles is 1. The summed E-state index contributed by atoms with van der Waals surface area (Å²) in [6.07, 6.45) is -2.47. The molecule has 1 heterocycles. The van der Waals surface area contributed by atoms with Gasteiger partial charge in [-0.05, 0) is 13.0 Å². The largest absolute Gasteiger partial charge is 0.298 e. The van der Waals surface area contributed by atoms with Gasteiger partial charge in [-0.3, -0.25) is 9.78 Å². The molecule has 0 unspecified atom stereocenters. The molecule has 1 aromatic heterocycles. The van der Waals surface area contributed by atoms with Crippen molar-refractivity contribution in [3.63, 3.8) is 0 Å². The van der Waals surface area contributed by atoms with Crippen LogP contribution in [0.5, 0.6) is 0 Å². The van der Waals surface area contributed by atoms with Crippen molar-refractivity contribution in [3.05, 3.63) is 28.6 Å². The number of pyridine rings is 1. The van der Waals surface area contributed by atoms with Gasteiger partial charge >= 0.3 is 0 Å².